The van der Waals surface area contributed by atoms with E-state index in [1.165, 1.54) is 11.3 Å². The molecule has 1 saturated heterocycles. The van der Waals surface area contributed by atoms with Crippen LogP contribution in [0.2, 0.25) is 0 Å². The Labute approximate surface area is 212 Å². The van der Waals surface area contributed by atoms with E-state index >= 15 is 0 Å². The molecule has 1 fully saturated rings. The number of anilines is 1. The lowest BCUT2D eigenvalue weighted by atomic mass is 10.1. The number of hydrogen-bond donors (Lipinski definition) is 0. The first-order valence-electron chi connectivity index (χ1n) is 11.6. The van der Waals surface area contributed by atoms with Gasteiger partial charge in [-0.3, -0.25) is 9.88 Å². The van der Waals surface area contributed by atoms with Crippen LogP contribution in [0.15, 0.2) is 73.2 Å². The lowest BCUT2D eigenvalue weighted by Crippen LogP contribution is -2.46. The minimum atomic E-state index is 0. The first kappa shape index (κ1) is 24.4. The Morgan fingerprint density at radius 2 is 1.63 bits per heavy atom. The maximum Gasteiger partial charge on any atom is 0.155 e. The molecule has 0 atom stereocenters. The zero-order valence-electron chi connectivity index (χ0n) is 19.7. The molecule has 0 saturated carbocycles. The largest absolute Gasteiger partial charge is 0.352 e. The van der Waals surface area contributed by atoms with E-state index in [9.17, 15) is 0 Å². The lowest BCUT2D eigenvalue weighted by Gasteiger charge is -2.35. The summed E-state index contributed by atoms with van der Waals surface area (Å²) in [5.41, 5.74) is 6.46. The van der Waals surface area contributed by atoms with Gasteiger partial charge in [0.1, 0.15) is 5.69 Å². The highest BCUT2D eigenvalue weighted by Crippen LogP contribution is 2.28. The molecule has 0 N–H and O–H groups in total. The van der Waals surface area contributed by atoms with Gasteiger partial charge in [0.05, 0.1) is 24.4 Å². The molecule has 7 nitrogen and oxygen atoms in total. The predicted molar refractivity (Wildman–Crippen MR) is 140 cm³/mol. The van der Waals surface area contributed by atoms with Gasteiger partial charge in [-0.2, -0.15) is 10.4 Å². The van der Waals surface area contributed by atoms with Crippen molar-refractivity contribution in [2.45, 2.75) is 19.9 Å². The fourth-order valence-electron chi connectivity index (χ4n) is 4.42. The van der Waals surface area contributed by atoms with Crippen LogP contribution in [-0.4, -0.2) is 50.8 Å². The summed E-state index contributed by atoms with van der Waals surface area (Å²) in [4.78, 5) is 14.1. The molecule has 0 radical (unpaired) electrons. The van der Waals surface area contributed by atoms with Gasteiger partial charge >= 0.3 is 0 Å². The number of aromatic nitrogens is 4. The molecule has 2 aromatic carbocycles. The van der Waals surface area contributed by atoms with E-state index < -0.39 is 0 Å². The average Bonchev–Trinajstić information content (AvgIpc) is 3.25. The highest BCUT2D eigenvalue weighted by atomic mass is 35.5. The third-order valence-corrected chi connectivity index (χ3v) is 6.37. The standard InChI is InChI=1S/C27H27N7.ClH/c1-21-24(19-31-34(21)25-5-3-2-4-6-25)20-32-15-17-33(18-16-32)27-26(29-13-14-30-27)23-9-7-22(8-10-23)11-12-28;/h2-10,13-14,19H,11,15-18,20H2,1H3;1H. The molecule has 2 aromatic heterocycles. The normalized spacial score (nSPS) is 13.8. The Kier molecular flexibility index (Phi) is 7.76. The molecule has 5 rings (SSSR count). The molecule has 3 heterocycles. The summed E-state index contributed by atoms with van der Waals surface area (Å²) in [6.07, 6.45) is 5.91. The number of piperazine rings is 1. The first-order valence-corrected chi connectivity index (χ1v) is 11.6. The van der Waals surface area contributed by atoms with Gasteiger partial charge in [-0.1, -0.05) is 42.5 Å². The number of halogens is 1. The molecule has 4 aromatic rings. The van der Waals surface area contributed by atoms with Crippen molar-refractivity contribution < 1.29 is 0 Å². The SMILES string of the molecule is Cc1c(CN2CCN(c3nccnc3-c3ccc(CC#N)cc3)CC2)cnn1-c1ccccc1.Cl. The van der Waals surface area contributed by atoms with Crippen molar-refractivity contribution in [3.63, 3.8) is 0 Å². The maximum atomic E-state index is 8.92. The zero-order valence-corrected chi connectivity index (χ0v) is 20.5. The molecule has 1 aliphatic rings. The Balaban J connectivity index is 0.00000289. The summed E-state index contributed by atoms with van der Waals surface area (Å²) in [7, 11) is 0. The summed E-state index contributed by atoms with van der Waals surface area (Å²) >= 11 is 0. The van der Waals surface area contributed by atoms with Gasteiger partial charge in [0.2, 0.25) is 0 Å². The van der Waals surface area contributed by atoms with Gasteiger partial charge in [0.25, 0.3) is 0 Å². The fourth-order valence-corrected chi connectivity index (χ4v) is 4.42. The van der Waals surface area contributed by atoms with Crippen LogP contribution in [0, 0.1) is 18.3 Å². The molecule has 0 amide bonds. The minimum Gasteiger partial charge on any atom is -0.352 e. The van der Waals surface area contributed by atoms with Crippen LogP contribution in [0.1, 0.15) is 16.8 Å². The smallest absolute Gasteiger partial charge is 0.155 e. The molecular formula is C27H28ClN7. The number of hydrogen-bond acceptors (Lipinski definition) is 6. The first-order chi connectivity index (χ1) is 16.7. The van der Waals surface area contributed by atoms with Gasteiger partial charge in [-0.25, -0.2) is 9.67 Å². The second-order valence-electron chi connectivity index (χ2n) is 8.53. The molecule has 1 aliphatic heterocycles. The fraction of sp³-hybridized carbons (Fsp3) is 0.259. The number of nitriles is 1. The monoisotopic (exact) mass is 485 g/mol. The van der Waals surface area contributed by atoms with Crippen molar-refractivity contribution in [2.75, 3.05) is 31.1 Å². The van der Waals surface area contributed by atoms with Crippen LogP contribution in [0.25, 0.3) is 16.9 Å². The molecule has 0 bridgehead atoms. The summed E-state index contributed by atoms with van der Waals surface area (Å²) in [6.45, 7) is 6.72. The van der Waals surface area contributed by atoms with Gasteiger partial charge in [-0.05, 0) is 24.6 Å². The summed E-state index contributed by atoms with van der Waals surface area (Å²) in [5.74, 6) is 0.920. The number of nitrogens with zero attached hydrogens (tertiary/aromatic N) is 7. The van der Waals surface area contributed by atoms with Gasteiger partial charge in [0, 0.05) is 61.9 Å². The molecule has 178 valence electrons. The van der Waals surface area contributed by atoms with Crippen LogP contribution < -0.4 is 4.90 Å². The molecule has 0 aliphatic carbocycles. The van der Waals surface area contributed by atoms with Gasteiger partial charge in [0.15, 0.2) is 5.82 Å². The van der Waals surface area contributed by atoms with E-state index in [1.54, 1.807) is 12.4 Å². The quantitative estimate of drug-likeness (QED) is 0.401. The number of para-hydroxylation sites is 1. The highest BCUT2D eigenvalue weighted by Gasteiger charge is 2.22. The molecular weight excluding hydrogens is 458 g/mol. The Morgan fingerprint density at radius 3 is 2.34 bits per heavy atom. The van der Waals surface area contributed by atoms with Crippen LogP contribution in [-0.2, 0) is 13.0 Å². The highest BCUT2D eigenvalue weighted by molar-refractivity contribution is 5.85. The van der Waals surface area contributed by atoms with E-state index in [0.717, 1.165) is 61.0 Å². The third kappa shape index (κ3) is 5.35. The molecule has 35 heavy (non-hydrogen) atoms. The van der Waals surface area contributed by atoms with E-state index in [1.807, 2.05) is 53.3 Å². The van der Waals surface area contributed by atoms with Crippen molar-refractivity contribution >= 4 is 18.2 Å². The Hall–Kier alpha value is -3.73. The lowest BCUT2D eigenvalue weighted by molar-refractivity contribution is 0.249. The van der Waals surface area contributed by atoms with Crippen molar-refractivity contribution in [1.82, 2.24) is 24.6 Å². The Bertz CT molecular complexity index is 1290. The second-order valence-corrected chi connectivity index (χ2v) is 8.53. The van der Waals surface area contributed by atoms with E-state index in [4.69, 9.17) is 5.26 Å². The van der Waals surface area contributed by atoms with Crippen molar-refractivity contribution in [3.05, 3.63) is 90.0 Å². The summed E-state index contributed by atoms with van der Waals surface area (Å²) in [5, 5.41) is 13.5. The molecule has 0 spiro atoms. The predicted octanol–water partition coefficient (Wildman–Crippen LogP) is 4.45. The summed E-state index contributed by atoms with van der Waals surface area (Å²) < 4.78 is 2.01. The zero-order chi connectivity index (χ0) is 23.3. The van der Waals surface area contributed by atoms with Crippen molar-refractivity contribution in [1.29, 1.82) is 5.26 Å². The van der Waals surface area contributed by atoms with E-state index in [-0.39, 0.29) is 12.4 Å². The summed E-state index contributed by atoms with van der Waals surface area (Å²) in [6, 6.07) is 20.5. The van der Waals surface area contributed by atoms with Crippen LogP contribution in [0.5, 0.6) is 0 Å². The van der Waals surface area contributed by atoms with Gasteiger partial charge < -0.3 is 4.90 Å². The topological polar surface area (TPSA) is 73.9 Å². The van der Waals surface area contributed by atoms with Crippen LogP contribution in [0.3, 0.4) is 0 Å². The van der Waals surface area contributed by atoms with Crippen molar-refractivity contribution in [2.24, 2.45) is 0 Å². The van der Waals surface area contributed by atoms with Crippen LogP contribution >= 0.6 is 12.4 Å². The van der Waals surface area contributed by atoms with Crippen LogP contribution in [0.4, 0.5) is 5.82 Å². The van der Waals surface area contributed by atoms with E-state index in [0.29, 0.717) is 6.42 Å². The molecule has 8 heteroatoms. The number of rotatable bonds is 6. The molecule has 0 unspecified atom stereocenters. The average molecular weight is 486 g/mol. The van der Waals surface area contributed by atoms with Crippen molar-refractivity contribution in [3.8, 4) is 23.0 Å². The van der Waals surface area contributed by atoms with E-state index in [2.05, 4.69) is 50.0 Å². The number of benzene rings is 2. The Morgan fingerprint density at radius 1 is 0.914 bits per heavy atom. The van der Waals surface area contributed by atoms with Gasteiger partial charge in [-0.15, -0.1) is 12.4 Å². The second kappa shape index (κ2) is 11.1. The minimum absolute atomic E-state index is 0. The maximum absolute atomic E-state index is 8.92. The third-order valence-electron chi connectivity index (χ3n) is 6.37.